The number of nitrogens with zero attached hydrogens (tertiary/aromatic N) is 7. The average molecular weight is 670 g/mol. The van der Waals surface area contributed by atoms with E-state index < -0.39 is 17.7 Å². The third kappa shape index (κ3) is 8.33. The van der Waals surface area contributed by atoms with E-state index in [1.54, 1.807) is 6.20 Å². The van der Waals surface area contributed by atoms with Crippen LogP contribution in [0.3, 0.4) is 0 Å². The number of halogens is 3. The molecule has 0 spiro atoms. The molecule has 1 unspecified atom stereocenters. The number of aliphatic carboxylic acids is 1. The molecule has 10 nitrogen and oxygen atoms in total. The fraction of sp³-hybridized carbons (Fsp3) is 0.515. The molecular formula is C33H38F3N7O3S. The molecule has 3 aromatic rings. The van der Waals surface area contributed by atoms with Crippen molar-refractivity contribution in [3.05, 3.63) is 63.2 Å². The Bertz CT molecular complexity index is 1640. The molecule has 1 aromatic carbocycles. The predicted molar refractivity (Wildman–Crippen MR) is 173 cm³/mol. The maximum atomic E-state index is 13.8. The molecule has 1 N–H and O–H groups in total. The topological polar surface area (TPSA) is 107 Å². The smallest absolute Gasteiger partial charge is 0.415 e. The average Bonchev–Trinajstić information content (AvgIpc) is 3.66. The molecule has 2 fully saturated rings. The van der Waals surface area contributed by atoms with E-state index >= 15 is 0 Å². The Morgan fingerprint density at radius 2 is 1.94 bits per heavy atom. The van der Waals surface area contributed by atoms with Crippen molar-refractivity contribution >= 4 is 34.6 Å². The molecule has 14 heteroatoms. The number of Topliss-reactive ketones (excluding diaryl/α,β-unsaturated/α-hetero) is 1. The first-order chi connectivity index (χ1) is 22.3. The molecule has 2 aliphatic rings. The number of benzene rings is 1. The van der Waals surface area contributed by atoms with Gasteiger partial charge >= 0.3 is 12.1 Å². The number of ketones is 1. The van der Waals surface area contributed by atoms with Crippen LogP contribution in [0.2, 0.25) is 0 Å². The van der Waals surface area contributed by atoms with Crippen molar-refractivity contribution in [1.82, 2.24) is 24.8 Å². The van der Waals surface area contributed by atoms with E-state index in [0.29, 0.717) is 61.2 Å². The van der Waals surface area contributed by atoms with Crippen molar-refractivity contribution in [2.24, 2.45) is 5.92 Å². The van der Waals surface area contributed by atoms with Gasteiger partial charge in [0, 0.05) is 55.2 Å². The van der Waals surface area contributed by atoms with Crippen molar-refractivity contribution in [1.29, 1.82) is 0 Å². The number of anilines is 1. The second kappa shape index (κ2) is 14.5. The van der Waals surface area contributed by atoms with Crippen LogP contribution < -0.4 is 4.90 Å². The first-order valence-electron chi connectivity index (χ1n) is 15.7. The Balaban J connectivity index is 1.36. The molecule has 0 radical (unpaired) electrons. The van der Waals surface area contributed by atoms with Crippen molar-refractivity contribution in [2.75, 3.05) is 37.6 Å². The Morgan fingerprint density at radius 3 is 2.57 bits per heavy atom. The number of carbonyl (C=O) groups is 2. The number of rotatable bonds is 11. The van der Waals surface area contributed by atoms with Gasteiger partial charge in [0.05, 0.1) is 37.5 Å². The highest BCUT2D eigenvalue weighted by molar-refractivity contribution is 7.12. The number of likely N-dealkylation sites (tertiary alicyclic amines) is 1. The van der Waals surface area contributed by atoms with Gasteiger partial charge < -0.3 is 10.0 Å². The van der Waals surface area contributed by atoms with Crippen LogP contribution in [0.5, 0.6) is 0 Å². The molecule has 2 aliphatic heterocycles. The molecular weight excluding hydrogens is 631 g/mol. The summed E-state index contributed by atoms with van der Waals surface area (Å²) in [4.78, 5) is 48.4. The number of hydrogen-bond donors (Lipinski definition) is 1. The van der Waals surface area contributed by atoms with E-state index in [2.05, 4.69) is 43.4 Å². The number of thiazole rings is 1. The van der Waals surface area contributed by atoms with E-state index in [1.807, 2.05) is 6.92 Å². The summed E-state index contributed by atoms with van der Waals surface area (Å²) >= 11 is 1.31. The molecule has 5 rings (SSSR count). The second-order valence-electron chi connectivity index (χ2n) is 12.5. The molecule has 0 amide bonds. The molecule has 2 atom stereocenters. The van der Waals surface area contributed by atoms with Gasteiger partial charge in [-0.3, -0.25) is 19.4 Å². The van der Waals surface area contributed by atoms with Crippen molar-refractivity contribution < 1.29 is 27.9 Å². The van der Waals surface area contributed by atoms with Crippen molar-refractivity contribution in [3.63, 3.8) is 0 Å². The molecule has 0 aliphatic carbocycles. The highest BCUT2D eigenvalue weighted by atomic mass is 32.1. The molecule has 0 bridgehead atoms. The van der Waals surface area contributed by atoms with Crippen LogP contribution in [-0.2, 0) is 23.9 Å². The Labute approximate surface area is 276 Å². The Morgan fingerprint density at radius 1 is 1.15 bits per heavy atom. The number of carbonyl (C=O) groups excluding carboxylic acids is 1. The number of alkyl halides is 3. The van der Waals surface area contributed by atoms with Crippen LogP contribution >= 0.6 is 11.3 Å². The number of hydrogen-bond acceptors (Lipinski definition) is 9. The zero-order valence-corrected chi connectivity index (χ0v) is 27.4. The Hall–Kier alpha value is -3.93. The minimum absolute atomic E-state index is 0.0747. The molecule has 250 valence electrons. The molecule has 0 saturated carbocycles. The number of carboxylic acid groups (broad SMARTS) is 1. The van der Waals surface area contributed by atoms with E-state index in [0.717, 1.165) is 36.4 Å². The van der Waals surface area contributed by atoms with Crippen LogP contribution in [0, 0.1) is 12.5 Å². The Kier molecular flexibility index (Phi) is 10.6. The maximum absolute atomic E-state index is 13.8. The summed E-state index contributed by atoms with van der Waals surface area (Å²) < 4.78 is 41.3. The van der Waals surface area contributed by atoms with Gasteiger partial charge in [0.15, 0.2) is 11.5 Å². The zero-order valence-electron chi connectivity index (χ0n) is 26.6. The first-order valence-corrected chi connectivity index (χ1v) is 16.5. The fourth-order valence-electron chi connectivity index (χ4n) is 6.44. The van der Waals surface area contributed by atoms with Crippen LogP contribution in [0.25, 0.3) is 16.1 Å². The van der Waals surface area contributed by atoms with Crippen LogP contribution in [0.4, 0.5) is 24.7 Å². The summed E-state index contributed by atoms with van der Waals surface area (Å²) in [5.74, 6) is -0.110. The monoisotopic (exact) mass is 669 g/mol. The summed E-state index contributed by atoms with van der Waals surface area (Å²) in [6.45, 7) is 17.6. The van der Waals surface area contributed by atoms with Gasteiger partial charge in [-0.05, 0) is 56.0 Å². The lowest BCUT2D eigenvalue weighted by Gasteiger charge is -2.40. The third-order valence-electron chi connectivity index (χ3n) is 8.80. The normalized spacial score (nSPS) is 19.3. The zero-order chi connectivity index (χ0) is 33.9. The lowest BCUT2D eigenvalue weighted by atomic mass is 10.0. The van der Waals surface area contributed by atoms with Crippen molar-refractivity contribution in [2.45, 2.75) is 71.3 Å². The summed E-state index contributed by atoms with van der Waals surface area (Å²) in [5.41, 5.74) is -0.309. The fourth-order valence-corrected chi connectivity index (χ4v) is 7.56. The first kappa shape index (κ1) is 34.4. The molecule has 47 heavy (non-hydrogen) atoms. The minimum Gasteiger partial charge on any atom is -0.481 e. The largest absolute Gasteiger partial charge is 0.481 e. The van der Waals surface area contributed by atoms with Crippen LogP contribution in [0.1, 0.15) is 66.0 Å². The number of piperazine rings is 1. The highest BCUT2D eigenvalue weighted by Gasteiger charge is 2.33. The van der Waals surface area contributed by atoms with E-state index in [1.165, 1.54) is 23.6 Å². The highest BCUT2D eigenvalue weighted by Crippen LogP contribution is 2.39. The van der Waals surface area contributed by atoms with E-state index in [4.69, 9.17) is 16.7 Å². The number of aromatic nitrogens is 3. The van der Waals surface area contributed by atoms with Gasteiger partial charge in [-0.1, -0.05) is 13.8 Å². The molecule has 2 aromatic heterocycles. The van der Waals surface area contributed by atoms with Crippen molar-refractivity contribution in [3.8, 4) is 11.3 Å². The summed E-state index contributed by atoms with van der Waals surface area (Å²) in [6, 6.07) is 3.70. The molecule has 2 saturated heterocycles. The summed E-state index contributed by atoms with van der Waals surface area (Å²) in [6.07, 6.45) is 0.430. The summed E-state index contributed by atoms with van der Waals surface area (Å²) in [7, 11) is 0. The lowest BCUT2D eigenvalue weighted by Crippen LogP contribution is -2.52. The molecule has 4 heterocycles. The van der Waals surface area contributed by atoms with Gasteiger partial charge in [-0.2, -0.15) is 13.2 Å². The van der Waals surface area contributed by atoms with E-state index in [9.17, 15) is 22.8 Å². The third-order valence-corrected chi connectivity index (χ3v) is 9.84. The van der Waals surface area contributed by atoms with Gasteiger partial charge in [-0.25, -0.2) is 19.8 Å². The van der Waals surface area contributed by atoms with Gasteiger partial charge in [0.1, 0.15) is 16.5 Å². The van der Waals surface area contributed by atoms with Crippen LogP contribution in [-0.4, -0.2) is 86.4 Å². The maximum Gasteiger partial charge on any atom is 0.415 e. The predicted octanol–water partition coefficient (Wildman–Crippen LogP) is 6.20. The SMILES string of the molecule is [C-]#[N+]c1cc(-c2nc(CC(=O)c3cnc(N4CCN(CCC(=O)O)C[C@H]4C)cn3)sc2CN2CCCC2C(C)C)cc(C(F)(F)F)c1. The van der Waals surface area contributed by atoms with Crippen LogP contribution in [0.15, 0.2) is 30.6 Å². The second-order valence-corrected chi connectivity index (χ2v) is 13.7. The van der Waals surface area contributed by atoms with Gasteiger partial charge in [0.25, 0.3) is 0 Å². The van der Waals surface area contributed by atoms with E-state index in [-0.39, 0.29) is 41.6 Å². The standard InChI is InChI=1S/C33H38F3N7O3S/c1-20(2)26-6-5-8-42(26)19-28-32(22-12-23(33(34,35)36)14-24(13-22)37-4)40-30(47-28)15-27(44)25-16-39-29(17-38-25)43-11-10-41(18-21(43)3)9-7-31(45)46/h12-14,16-17,20-21,26H,5-11,15,18-19H2,1-3H3,(H,45,46)/t21-,26?/m1/s1. The quantitative estimate of drug-likeness (QED) is 0.189. The minimum atomic E-state index is -4.63. The van der Waals surface area contributed by atoms with Gasteiger partial charge in [-0.15, -0.1) is 11.3 Å². The summed E-state index contributed by atoms with van der Waals surface area (Å²) in [5, 5.41) is 9.43. The van der Waals surface area contributed by atoms with Gasteiger partial charge in [0.2, 0.25) is 0 Å². The lowest BCUT2D eigenvalue weighted by molar-refractivity contribution is -0.138. The number of carboxylic acids is 1.